The van der Waals surface area contributed by atoms with Gasteiger partial charge in [-0.1, -0.05) is 0 Å². The Balaban J connectivity index is 1.54. The van der Waals surface area contributed by atoms with Gasteiger partial charge in [0, 0.05) is 16.0 Å². The molecule has 0 unspecified atom stereocenters. The van der Waals surface area contributed by atoms with Gasteiger partial charge >= 0.3 is 0 Å². The van der Waals surface area contributed by atoms with Crippen LogP contribution in [0.5, 0.6) is 0 Å². The molecule has 4 rings (SSSR count). The zero-order chi connectivity index (χ0) is 18.1. The third-order valence-electron chi connectivity index (χ3n) is 5.60. The molecule has 2 heterocycles. The lowest BCUT2D eigenvalue weighted by Crippen LogP contribution is -3.26. The molecule has 1 aromatic carbocycles. The molecule has 1 amide bonds. The molecule has 3 N–H and O–H groups in total. The number of nitrogens with one attached hydrogen (secondary N) is 3. The first-order valence-corrected chi connectivity index (χ1v) is 10.3. The first-order chi connectivity index (χ1) is 12.6. The molecule has 0 atom stereocenters. The number of benzene rings is 1. The minimum Gasteiger partial charge on any atom is -0.328 e. The van der Waals surface area contributed by atoms with E-state index in [0.717, 1.165) is 24.4 Å². The first kappa shape index (κ1) is 17.6. The van der Waals surface area contributed by atoms with Crippen molar-refractivity contribution in [2.45, 2.75) is 25.8 Å². The highest BCUT2D eigenvalue weighted by atomic mass is 32.1. The Morgan fingerprint density at radius 1 is 1.15 bits per heavy atom. The fraction of sp³-hybridized carbons (Fsp3) is 0.450. The number of halogens is 1. The summed E-state index contributed by atoms with van der Waals surface area (Å²) < 4.78 is 13.1. The third-order valence-corrected chi connectivity index (χ3v) is 6.85. The van der Waals surface area contributed by atoms with E-state index in [0.29, 0.717) is 5.56 Å². The normalized spacial score (nSPS) is 22.2. The van der Waals surface area contributed by atoms with Crippen molar-refractivity contribution in [2.24, 2.45) is 0 Å². The van der Waals surface area contributed by atoms with Crippen molar-refractivity contribution in [3.8, 4) is 0 Å². The minimum atomic E-state index is -0.321. The Morgan fingerprint density at radius 3 is 2.62 bits per heavy atom. The van der Waals surface area contributed by atoms with Gasteiger partial charge in [0.15, 0.2) is 0 Å². The van der Waals surface area contributed by atoms with Crippen LogP contribution in [0.3, 0.4) is 0 Å². The predicted molar refractivity (Wildman–Crippen MR) is 102 cm³/mol. The molecular formula is C20H26FN3OS+2. The van der Waals surface area contributed by atoms with E-state index in [2.05, 4.69) is 12.4 Å². The molecule has 1 aromatic heterocycles. The van der Waals surface area contributed by atoms with Gasteiger partial charge < -0.3 is 15.1 Å². The molecule has 1 fully saturated rings. The van der Waals surface area contributed by atoms with Crippen LogP contribution in [0.15, 0.2) is 24.3 Å². The Morgan fingerprint density at radius 2 is 1.88 bits per heavy atom. The highest BCUT2D eigenvalue weighted by molar-refractivity contribution is 7.16. The number of aryl methyl sites for hydroxylation is 1. The first-order valence-electron chi connectivity index (χ1n) is 9.45. The summed E-state index contributed by atoms with van der Waals surface area (Å²) in [7, 11) is 2.26. The number of anilines is 1. The van der Waals surface area contributed by atoms with Crippen LogP contribution in [-0.4, -0.2) is 39.1 Å². The summed E-state index contributed by atoms with van der Waals surface area (Å²) in [5, 5.41) is 4.12. The van der Waals surface area contributed by atoms with E-state index in [1.54, 1.807) is 33.3 Å². The molecule has 0 spiro atoms. The number of rotatable bonds is 4. The fourth-order valence-corrected chi connectivity index (χ4v) is 5.29. The average Bonchev–Trinajstić information content (AvgIpc) is 3.20. The summed E-state index contributed by atoms with van der Waals surface area (Å²) in [6.45, 7) is 5.78. The van der Waals surface area contributed by atoms with Crippen LogP contribution in [0, 0.1) is 5.82 Å². The Hall–Kier alpha value is -1.76. The van der Waals surface area contributed by atoms with Gasteiger partial charge in [-0.05, 0) is 49.1 Å². The highest BCUT2D eigenvalue weighted by Crippen LogP contribution is 2.39. The molecule has 1 saturated heterocycles. The molecule has 0 bridgehead atoms. The average molecular weight is 376 g/mol. The quantitative estimate of drug-likeness (QED) is 0.717. The number of fused-ring (bicyclic) bond motifs is 1. The van der Waals surface area contributed by atoms with E-state index in [1.807, 2.05) is 0 Å². The SMILES string of the molecule is C[NH+]1CC[NH+](Cc2c(NC(=O)c3ccc(F)cc3)sc3c2CCC3)CC1. The maximum Gasteiger partial charge on any atom is 0.256 e. The second-order valence-corrected chi connectivity index (χ2v) is 8.62. The highest BCUT2D eigenvalue weighted by Gasteiger charge is 2.28. The fourth-order valence-electron chi connectivity index (χ4n) is 3.99. The summed E-state index contributed by atoms with van der Waals surface area (Å²) in [4.78, 5) is 17.3. The third kappa shape index (κ3) is 3.68. The minimum absolute atomic E-state index is 0.149. The Bertz CT molecular complexity index is 794. The zero-order valence-electron chi connectivity index (χ0n) is 15.2. The van der Waals surface area contributed by atoms with Gasteiger partial charge in [-0.25, -0.2) is 4.39 Å². The standard InChI is InChI=1S/C20H24FN3OS/c1-23-9-11-24(12-10-23)13-17-16-3-2-4-18(16)26-20(17)22-19(25)14-5-7-15(21)8-6-14/h5-8H,2-4,9-13H2,1H3,(H,22,25)/p+2. The lowest BCUT2D eigenvalue weighted by molar-refractivity contribution is -1.01. The lowest BCUT2D eigenvalue weighted by Gasteiger charge is -2.27. The number of quaternary nitrogens is 2. The van der Waals surface area contributed by atoms with Gasteiger partial charge in [-0.2, -0.15) is 0 Å². The summed E-state index contributed by atoms with van der Waals surface area (Å²) >= 11 is 1.74. The van der Waals surface area contributed by atoms with Crippen molar-refractivity contribution in [1.82, 2.24) is 0 Å². The van der Waals surface area contributed by atoms with Crippen LogP contribution in [-0.2, 0) is 19.4 Å². The Kier molecular flexibility index (Phi) is 5.07. The summed E-state index contributed by atoms with van der Waals surface area (Å²) in [6.07, 6.45) is 3.48. The number of carbonyl (C=O) groups is 1. The Labute approximate surface area is 157 Å². The number of likely N-dealkylation sites (N-methyl/N-ethyl adjacent to an activating group) is 1. The van der Waals surface area contributed by atoms with E-state index in [1.165, 1.54) is 60.7 Å². The second-order valence-electron chi connectivity index (χ2n) is 7.51. The van der Waals surface area contributed by atoms with Crippen molar-refractivity contribution in [1.29, 1.82) is 0 Å². The van der Waals surface area contributed by atoms with Gasteiger partial charge in [-0.15, -0.1) is 11.3 Å². The van der Waals surface area contributed by atoms with E-state index in [-0.39, 0.29) is 11.7 Å². The second kappa shape index (κ2) is 7.47. The van der Waals surface area contributed by atoms with Crippen LogP contribution in [0.25, 0.3) is 0 Å². The predicted octanol–water partition coefficient (Wildman–Crippen LogP) is 0.541. The smallest absolute Gasteiger partial charge is 0.256 e. The molecule has 4 nitrogen and oxygen atoms in total. The number of carbonyl (C=O) groups excluding carboxylic acids is 1. The summed E-state index contributed by atoms with van der Waals surface area (Å²) in [5.41, 5.74) is 3.32. The molecule has 0 radical (unpaired) electrons. The van der Waals surface area contributed by atoms with Crippen molar-refractivity contribution in [2.75, 3.05) is 38.5 Å². The van der Waals surface area contributed by atoms with Crippen LogP contribution in [0.4, 0.5) is 9.39 Å². The molecule has 26 heavy (non-hydrogen) atoms. The maximum absolute atomic E-state index is 13.1. The van der Waals surface area contributed by atoms with Crippen molar-refractivity contribution in [3.05, 3.63) is 51.7 Å². The number of hydrogen-bond acceptors (Lipinski definition) is 2. The van der Waals surface area contributed by atoms with Crippen LogP contribution >= 0.6 is 11.3 Å². The van der Waals surface area contributed by atoms with Crippen molar-refractivity contribution >= 4 is 22.2 Å². The number of piperazine rings is 1. The van der Waals surface area contributed by atoms with Gasteiger partial charge in [0.2, 0.25) is 0 Å². The number of thiophene rings is 1. The zero-order valence-corrected chi connectivity index (χ0v) is 16.0. The number of hydrogen-bond donors (Lipinski definition) is 3. The van der Waals surface area contributed by atoms with Crippen LogP contribution in [0.2, 0.25) is 0 Å². The van der Waals surface area contributed by atoms with E-state index in [9.17, 15) is 9.18 Å². The van der Waals surface area contributed by atoms with Gasteiger partial charge in [0.05, 0.1) is 7.05 Å². The lowest BCUT2D eigenvalue weighted by atomic mass is 10.1. The van der Waals surface area contributed by atoms with Gasteiger partial charge in [0.1, 0.15) is 43.5 Å². The molecule has 0 saturated carbocycles. The number of amides is 1. The molecule has 1 aliphatic carbocycles. The van der Waals surface area contributed by atoms with E-state index in [4.69, 9.17) is 0 Å². The van der Waals surface area contributed by atoms with Crippen molar-refractivity contribution < 1.29 is 19.0 Å². The van der Waals surface area contributed by atoms with E-state index >= 15 is 0 Å². The van der Waals surface area contributed by atoms with E-state index < -0.39 is 0 Å². The topological polar surface area (TPSA) is 38.0 Å². The molecule has 6 heteroatoms. The van der Waals surface area contributed by atoms with Crippen molar-refractivity contribution in [3.63, 3.8) is 0 Å². The summed E-state index contributed by atoms with van der Waals surface area (Å²) in [6, 6.07) is 5.75. The monoisotopic (exact) mass is 375 g/mol. The summed E-state index contributed by atoms with van der Waals surface area (Å²) in [5.74, 6) is -0.470. The van der Waals surface area contributed by atoms with Gasteiger partial charge in [0.25, 0.3) is 5.91 Å². The van der Waals surface area contributed by atoms with Gasteiger partial charge in [-0.3, -0.25) is 4.79 Å². The molecule has 2 aliphatic rings. The van der Waals surface area contributed by atoms with Crippen LogP contribution in [0.1, 0.15) is 32.8 Å². The molecular weight excluding hydrogens is 349 g/mol. The largest absolute Gasteiger partial charge is 0.328 e. The molecule has 1 aliphatic heterocycles. The maximum atomic E-state index is 13.1. The molecule has 2 aromatic rings. The van der Waals surface area contributed by atoms with Crippen LogP contribution < -0.4 is 15.1 Å². The molecule has 138 valence electrons.